The molecule has 0 aliphatic carbocycles. The molecule has 0 saturated carbocycles. The van der Waals surface area contributed by atoms with Gasteiger partial charge in [-0.1, -0.05) is 43.7 Å². The molecule has 2 aromatic rings. The van der Waals surface area contributed by atoms with Gasteiger partial charge in [-0.25, -0.2) is 0 Å². The maximum atomic E-state index is 12.4. The molecule has 6 heteroatoms. The van der Waals surface area contributed by atoms with Gasteiger partial charge in [-0.05, 0) is 31.4 Å². The summed E-state index contributed by atoms with van der Waals surface area (Å²) in [7, 11) is 0. The summed E-state index contributed by atoms with van der Waals surface area (Å²) in [6.07, 6.45) is 1.41. The number of nitrogens with one attached hydrogen (secondary N) is 2. The number of benzene rings is 1. The van der Waals surface area contributed by atoms with E-state index in [0.29, 0.717) is 28.9 Å². The Balaban J connectivity index is 1.98. The van der Waals surface area contributed by atoms with Gasteiger partial charge in [-0.3, -0.25) is 14.4 Å². The van der Waals surface area contributed by atoms with Crippen LogP contribution in [0.1, 0.15) is 57.9 Å². The van der Waals surface area contributed by atoms with E-state index in [1.54, 1.807) is 6.92 Å². The fraction of sp³-hybridized carbons (Fsp3) is 0.350. The molecule has 138 valence electrons. The smallest absolute Gasteiger partial charge is 0.325 e. The third-order valence-electron chi connectivity index (χ3n) is 4.01. The first kappa shape index (κ1) is 19.4. The third-order valence-corrected chi connectivity index (χ3v) is 4.01. The maximum Gasteiger partial charge on any atom is 0.325 e. The van der Waals surface area contributed by atoms with Crippen molar-refractivity contribution in [3.8, 4) is 0 Å². The highest BCUT2D eigenvalue weighted by atomic mass is 16.5. The molecule has 1 aromatic heterocycles. The van der Waals surface area contributed by atoms with E-state index in [2.05, 4.69) is 10.3 Å². The summed E-state index contributed by atoms with van der Waals surface area (Å²) in [6.45, 7) is 5.16. The van der Waals surface area contributed by atoms with Gasteiger partial charge in [0.05, 0.1) is 0 Å². The lowest BCUT2D eigenvalue weighted by Gasteiger charge is -2.08. The Bertz CT molecular complexity index is 794. The number of amides is 1. The van der Waals surface area contributed by atoms with E-state index >= 15 is 0 Å². The lowest BCUT2D eigenvalue weighted by Crippen LogP contribution is -2.31. The first-order valence-corrected chi connectivity index (χ1v) is 8.64. The molecule has 1 aromatic carbocycles. The predicted octanol–water partition coefficient (Wildman–Crippen LogP) is 2.95. The Morgan fingerprint density at radius 2 is 1.85 bits per heavy atom. The fourth-order valence-corrected chi connectivity index (χ4v) is 2.88. The van der Waals surface area contributed by atoms with E-state index in [1.807, 2.05) is 37.3 Å². The standard InChI is InChI=1S/C20H24N2O4/c1-4-8-16-18(14(3)23)13(2)22-19(16)20(25)21-11-17(24)26-12-15-9-6-5-7-10-15/h5-7,9-10,22H,4,8,11-12H2,1-3H3,(H,21,25). The van der Waals surface area contributed by atoms with Gasteiger partial charge in [0.25, 0.3) is 5.91 Å². The largest absolute Gasteiger partial charge is 0.460 e. The molecule has 2 N–H and O–H groups in total. The molecule has 0 aliphatic rings. The Morgan fingerprint density at radius 1 is 1.15 bits per heavy atom. The number of carbonyl (C=O) groups is 3. The number of aromatic nitrogens is 1. The van der Waals surface area contributed by atoms with E-state index in [0.717, 1.165) is 12.0 Å². The zero-order valence-corrected chi connectivity index (χ0v) is 15.3. The van der Waals surface area contributed by atoms with Crippen LogP contribution < -0.4 is 5.32 Å². The van der Waals surface area contributed by atoms with Crippen LogP contribution in [-0.4, -0.2) is 29.2 Å². The number of hydrogen-bond donors (Lipinski definition) is 2. The molecule has 1 amide bonds. The summed E-state index contributed by atoms with van der Waals surface area (Å²) >= 11 is 0. The number of ether oxygens (including phenoxy) is 1. The average Bonchev–Trinajstić information content (AvgIpc) is 2.95. The van der Waals surface area contributed by atoms with Gasteiger partial charge >= 0.3 is 5.97 Å². The summed E-state index contributed by atoms with van der Waals surface area (Å²) in [5.74, 6) is -1.02. The molecule has 0 radical (unpaired) electrons. The number of esters is 1. The van der Waals surface area contributed by atoms with Crippen LogP contribution in [0.4, 0.5) is 0 Å². The van der Waals surface area contributed by atoms with E-state index in [1.165, 1.54) is 6.92 Å². The molecular formula is C20H24N2O4. The second-order valence-corrected chi connectivity index (χ2v) is 6.11. The molecule has 0 spiro atoms. The highest BCUT2D eigenvalue weighted by Crippen LogP contribution is 2.21. The van der Waals surface area contributed by atoms with Gasteiger partial charge < -0.3 is 15.0 Å². The zero-order chi connectivity index (χ0) is 19.1. The number of hydrogen-bond acceptors (Lipinski definition) is 4. The number of aromatic amines is 1. The van der Waals surface area contributed by atoms with Crippen molar-refractivity contribution < 1.29 is 19.1 Å². The summed E-state index contributed by atoms with van der Waals surface area (Å²) in [5.41, 5.74) is 3.14. The van der Waals surface area contributed by atoms with Crippen LogP contribution >= 0.6 is 0 Å². The van der Waals surface area contributed by atoms with Gasteiger partial charge in [0.15, 0.2) is 5.78 Å². The van der Waals surface area contributed by atoms with E-state index in [-0.39, 0.29) is 18.9 Å². The monoisotopic (exact) mass is 356 g/mol. The van der Waals surface area contributed by atoms with Gasteiger partial charge in [0, 0.05) is 11.3 Å². The predicted molar refractivity (Wildman–Crippen MR) is 98.1 cm³/mol. The number of H-pyrrole nitrogens is 1. The molecule has 26 heavy (non-hydrogen) atoms. The Morgan fingerprint density at radius 3 is 2.46 bits per heavy atom. The Kier molecular flexibility index (Phi) is 6.72. The van der Waals surface area contributed by atoms with Crippen LogP contribution in [0.15, 0.2) is 30.3 Å². The fourth-order valence-electron chi connectivity index (χ4n) is 2.88. The average molecular weight is 356 g/mol. The number of ketones is 1. The lowest BCUT2D eigenvalue weighted by atomic mass is 10.0. The minimum Gasteiger partial charge on any atom is -0.460 e. The SMILES string of the molecule is CCCc1c(C(=O)NCC(=O)OCc2ccccc2)[nH]c(C)c1C(C)=O. The first-order valence-electron chi connectivity index (χ1n) is 8.64. The highest BCUT2D eigenvalue weighted by Gasteiger charge is 2.22. The molecule has 0 aliphatic heterocycles. The summed E-state index contributed by atoms with van der Waals surface area (Å²) in [6, 6.07) is 9.32. The summed E-state index contributed by atoms with van der Waals surface area (Å²) in [4.78, 5) is 39.1. The van der Waals surface area contributed by atoms with Gasteiger partial charge in [0.1, 0.15) is 18.8 Å². The molecule has 0 fully saturated rings. The van der Waals surface area contributed by atoms with Crippen molar-refractivity contribution in [3.63, 3.8) is 0 Å². The number of carbonyl (C=O) groups excluding carboxylic acids is 3. The quantitative estimate of drug-likeness (QED) is 0.562. The van der Waals surface area contributed by atoms with Crippen molar-refractivity contribution in [1.29, 1.82) is 0 Å². The van der Waals surface area contributed by atoms with Crippen molar-refractivity contribution >= 4 is 17.7 Å². The van der Waals surface area contributed by atoms with Crippen molar-refractivity contribution in [2.24, 2.45) is 0 Å². The number of rotatable bonds is 8. The molecule has 0 unspecified atom stereocenters. The molecule has 1 heterocycles. The van der Waals surface area contributed by atoms with Crippen molar-refractivity contribution in [2.45, 2.75) is 40.2 Å². The second-order valence-electron chi connectivity index (χ2n) is 6.11. The molecule has 0 atom stereocenters. The van der Waals surface area contributed by atoms with Gasteiger partial charge in [0.2, 0.25) is 0 Å². The van der Waals surface area contributed by atoms with Crippen LogP contribution in [0.3, 0.4) is 0 Å². The third kappa shape index (κ3) is 4.81. The number of aryl methyl sites for hydroxylation is 1. The van der Waals surface area contributed by atoms with Crippen LogP contribution in [0.25, 0.3) is 0 Å². The minimum absolute atomic E-state index is 0.0801. The Labute approximate surface area is 152 Å². The number of Topliss-reactive ketones (excluding diaryl/α,β-unsaturated/α-hetero) is 1. The Hall–Kier alpha value is -2.89. The zero-order valence-electron chi connectivity index (χ0n) is 15.3. The molecule has 0 bridgehead atoms. The van der Waals surface area contributed by atoms with E-state index in [9.17, 15) is 14.4 Å². The van der Waals surface area contributed by atoms with Crippen molar-refractivity contribution in [1.82, 2.24) is 10.3 Å². The second kappa shape index (κ2) is 8.99. The molecule has 0 saturated heterocycles. The first-order chi connectivity index (χ1) is 12.4. The lowest BCUT2D eigenvalue weighted by molar-refractivity contribution is -0.143. The topological polar surface area (TPSA) is 88.3 Å². The van der Waals surface area contributed by atoms with E-state index < -0.39 is 11.9 Å². The van der Waals surface area contributed by atoms with Crippen LogP contribution in [-0.2, 0) is 22.6 Å². The van der Waals surface area contributed by atoms with Gasteiger partial charge in [-0.15, -0.1) is 0 Å². The maximum absolute atomic E-state index is 12.4. The summed E-state index contributed by atoms with van der Waals surface area (Å²) in [5, 5.41) is 2.56. The van der Waals surface area contributed by atoms with Crippen LogP contribution in [0, 0.1) is 6.92 Å². The van der Waals surface area contributed by atoms with Crippen LogP contribution in [0.2, 0.25) is 0 Å². The van der Waals surface area contributed by atoms with Crippen LogP contribution in [0.5, 0.6) is 0 Å². The molecular weight excluding hydrogens is 332 g/mol. The van der Waals surface area contributed by atoms with Crippen molar-refractivity contribution in [2.75, 3.05) is 6.54 Å². The molecule has 2 rings (SSSR count). The van der Waals surface area contributed by atoms with E-state index in [4.69, 9.17) is 4.74 Å². The normalized spacial score (nSPS) is 10.4. The minimum atomic E-state index is -0.519. The summed E-state index contributed by atoms with van der Waals surface area (Å²) < 4.78 is 5.14. The van der Waals surface area contributed by atoms with Crippen molar-refractivity contribution in [3.05, 3.63) is 58.4 Å². The highest BCUT2D eigenvalue weighted by molar-refractivity contribution is 6.03. The molecule has 6 nitrogen and oxygen atoms in total. The van der Waals surface area contributed by atoms with Gasteiger partial charge in [-0.2, -0.15) is 0 Å².